The van der Waals surface area contributed by atoms with Crippen molar-refractivity contribution in [3.05, 3.63) is 88.5 Å². The van der Waals surface area contributed by atoms with E-state index >= 15 is 0 Å². The smallest absolute Gasteiger partial charge is 0.324 e. The highest BCUT2D eigenvalue weighted by molar-refractivity contribution is 6.08. The molecule has 4 rings (SSSR count). The Bertz CT molecular complexity index is 1220. The van der Waals surface area contributed by atoms with Gasteiger partial charge in [0, 0.05) is 25.2 Å². The van der Waals surface area contributed by atoms with Gasteiger partial charge < -0.3 is 15.0 Å². The number of amides is 3. The minimum Gasteiger partial charge on any atom is -0.497 e. The van der Waals surface area contributed by atoms with Crippen molar-refractivity contribution in [1.82, 2.24) is 4.90 Å². The summed E-state index contributed by atoms with van der Waals surface area (Å²) >= 11 is 0. The average molecular weight is 458 g/mol. The van der Waals surface area contributed by atoms with Gasteiger partial charge in [-0.25, -0.2) is 4.79 Å². The topological polar surface area (TPSA) is 61.9 Å². The molecule has 3 aromatic rings. The van der Waals surface area contributed by atoms with Gasteiger partial charge in [-0.05, 0) is 79.8 Å². The molecule has 0 saturated carbocycles. The number of rotatable bonds is 6. The minimum atomic E-state index is -0.248. The molecule has 34 heavy (non-hydrogen) atoms. The predicted octanol–water partition coefficient (Wildman–Crippen LogP) is 5.71. The molecule has 3 amide bonds. The summed E-state index contributed by atoms with van der Waals surface area (Å²) < 4.78 is 5.24. The van der Waals surface area contributed by atoms with E-state index in [1.54, 1.807) is 36.3 Å². The lowest BCUT2D eigenvalue weighted by Crippen LogP contribution is -2.49. The molecule has 1 fully saturated rings. The fourth-order valence-electron chi connectivity index (χ4n) is 4.22. The van der Waals surface area contributed by atoms with Crippen molar-refractivity contribution in [3.8, 4) is 5.75 Å². The van der Waals surface area contributed by atoms with Crippen LogP contribution in [0.15, 0.2) is 60.7 Å². The number of ether oxygens (including phenoxy) is 1. The first-order valence-corrected chi connectivity index (χ1v) is 11.5. The van der Waals surface area contributed by atoms with Crippen LogP contribution in [0.1, 0.15) is 39.0 Å². The van der Waals surface area contributed by atoms with Crippen LogP contribution >= 0.6 is 0 Å². The fraction of sp³-hybridized carbons (Fsp3) is 0.286. The van der Waals surface area contributed by atoms with Gasteiger partial charge in [-0.2, -0.15) is 0 Å². The van der Waals surface area contributed by atoms with Crippen LogP contribution < -0.4 is 15.0 Å². The minimum absolute atomic E-state index is 0.0507. The van der Waals surface area contributed by atoms with Crippen LogP contribution in [0.25, 0.3) is 0 Å². The van der Waals surface area contributed by atoms with Crippen molar-refractivity contribution in [2.24, 2.45) is 0 Å². The molecule has 6 nitrogen and oxygen atoms in total. The molecule has 1 heterocycles. The summed E-state index contributed by atoms with van der Waals surface area (Å²) in [5.41, 5.74) is 6.40. The summed E-state index contributed by atoms with van der Waals surface area (Å²) in [5.74, 6) is 0.368. The largest absolute Gasteiger partial charge is 0.497 e. The van der Waals surface area contributed by atoms with Crippen molar-refractivity contribution < 1.29 is 14.3 Å². The van der Waals surface area contributed by atoms with Crippen molar-refractivity contribution in [1.29, 1.82) is 0 Å². The molecule has 176 valence electrons. The van der Waals surface area contributed by atoms with E-state index in [-0.39, 0.29) is 11.9 Å². The normalized spacial score (nSPS) is 13.7. The van der Waals surface area contributed by atoms with Gasteiger partial charge in [0.25, 0.3) is 5.91 Å². The fourth-order valence-corrected chi connectivity index (χ4v) is 4.22. The van der Waals surface area contributed by atoms with Gasteiger partial charge in [0.2, 0.25) is 0 Å². The van der Waals surface area contributed by atoms with E-state index in [0.29, 0.717) is 42.3 Å². The maximum absolute atomic E-state index is 13.5. The molecular weight excluding hydrogens is 426 g/mol. The molecule has 1 aliphatic rings. The Morgan fingerprint density at radius 3 is 2.56 bits per heavy atom. The second-order valence-electron chi connectivity index (χ2n) is 8.83. The lowest BCUT2D eigenvalue weighted by Gasteiger charge is -2.36. The molecule has 0 aliphatic carbocycles. The summed E-state index contributed by atoms with van der Waals surface area (Å²) in [6.07, 6.45) is 0.855. The highest BCUT2D eigenvalue weighted by Crippen LogP contribution is 2.31. The molecule has 0 radical (unpaired) electrons. The zero-order chi connectivity index (χ0) is 24.2. The number of methoxy groups -OCH3 is 1. The first-order valence-electron chi connectivity index (χ1n) is 11.5. The zero-order valence-corrected chi connectivity index (χ0v) is 20.2. The second kappa shape index (κ2) is 10.00. The van der Waals surface area contributed by atoms with E-state index in [9.17, 15) is 9.59 Å². The highest BCUT2D eigenvalue weighted by Gasteiger charge is 2.29. The number of hydrogen-bond acceptors (Lipinski definition) is 3. The summed E-state index contributed by atoms with van der Waals surface area (Å²) in [5, 5.41) is 3.01. The third kappa shape index (κ3) is 5.06. The van der Waals surface area contributed by atoms with Crippen LogP contribution in [0.5, 0.6) is 5.75 Å². The van der Waals surface area contributed by atoms with Gasteiger partial charge in [0.15, 0.2) is 0 Å². The van der Waals surface area contributed by atoms with Gasteiger partial charge in [0.1, 0.15) is 5.75 Å². The summed E-state index contributed by atoms with van der Waals surface area (Å²) in [4.78, 5) is 30.1. The quantitative estimate of drug-likeness (QED) is 0.516. The number of anilines is 2. The first-order chi connectivity index (χ1) is 16.4. The van der Waals surface area contributed by atoms with E-state index in [1.165, 1.54) is 11.1 Å². The van der Waals surface area contributed by atoms with Crippen molar-refractivity contribution in [2.75, 3.05) is 30.4 Å². The number of carbonyl (C=O) groups is 2. The summed E-state index contributed by atoms with van der Waals surface area (Å²) in [7, 11) is 1.57. The summed E-state index contributed by atoms with van der Waals surface area (Å²) in [6.45, 7) is 8.02. The molecule has 1 N–H and O–H groups in total. The van der Waals surface area contributed by atoms with E-state index in [0.717, 1.165) is 17.5 Å². The number of carbonyl (C=O) groups excluding carboxylic acids is 2. The maximum Gasteiger partial charge on any atom is 0.324 e. The van der Waals surface area contributed by atoms with Crippen LogP contribution in [0.3, 0.4) is 0 Å². The predicted molar refractivity (Wildman–Crippen MR) is 136 cm³/mol. The van der Waals surface area contributed by atoms with Gasteiger partial charge in [-0.15, -0.1) is 0 Å². The van der Waals surface area contributed by atoms with E-state index in [2.05, 4.69) is 37.4 Å². The molecule has 0 bridgehead atoms. The molecule has 1 saturated heterocycles. The van der Waals surface area contributed by atoms with E-state index in [4.69, 9.17) is 4.74 Å². The Kier molecular flexibility index (Phi) is 6.87. The van der Waals surface area contributed by atoms with Gasteiger partial charge in [-0.1, -0.05) is 30.3 Å². The SMILES string of the molecule is COc1cccc(C(=O)Nc2cc(C)ccc2N2CCCN(Cc3ccc(C)c(C)c3)C2=O)c1. The van der Waals surface area contributed by atoms with Crippen LogP contribution in [0.2, 0.25) is 0 Å². The summed E-state index contributed by atoms with van der Waals surface area (Å²) in [6, 6.07) is 19.1. The monoisotopic (exact) mass is 457 g/mol. The number of aryl methyl sites for hydroxylation is 3. The Labute approximate surface area is 201 Å². The van der Waals surface area contributed by atoms with Crippen LogP contribution in [-0.4, -0.2) is 37.0 Å². The molecule has 3 aromatic carbocycles. The van der Waals surface area contributed by atoms with Gasteiger partial charge >= 0.3 is 6.03 Å². The highest BCUT2D eigenvalue weighted by atomic mass is 16.5. The number of hydrogen-bond donors (Lipinski definition) is 1. The number of nitrogens with one attached hydrogen (secondary N) is 1. The molecule has 0 unspecified atom stereocenters. The average Bonchev–Trinajstić information content (AvgIpc) is 2.83. The molecule has 0 atom stereocenters. The van der Waals surface area contributed by atoms with Gasteiger partial charge in [-0.3, -0.25) is 9.69 Å². The zero-order valence-electron chi connectivity index (χ0n) is 20.2. The first kappa shape index (κ1) is 23.4. The molecule has 0 aromatic heterocycles. The molecule has 0 spiro atoms. The van der Waals surface area contributed by atoms with E-state index in [1.807, 2.05) is 30.0 Å². The van der Waals surface area contributed by atoms with Crippen molar-refractivity contribution >= 4 is 23.3 Å². The third-order valence-corrected chi connectivity index (χ3v) is 6.28. The van der Waals surface area contributed by atoms with Crippen molar-refractivity contribution in [2.45, 2.75) is 33.7 Å². The lowest BCUT2D eigenvalue weighted by atomic mass is 10.1. The van der Waals surface area contributed by atoms with Crippen molar-refractivity contribution in [3.63, 3.8) is 0 Å². The number of benzene rings is 3. The molecule has 1 aliphatic heterocycles. The standard InChI is InChI=1S/C28H31N3O3/c1-19-9-12-26(25(15-19)29-27(32)23-7-5-8-24(17-23)34-4)31-14-6-13-30(28(31)33)18-22-11-10-20(2)21(3)16-22/h5,7-12,15-17H,6,13-14,18H2,1-4H3,(H,29,32). The van der Waals surface area contributed by atoms with Crippen LogP contribution in [0.4, 0.5) is 16.2 Å². The third-order valence-electron chi connectivity index (χ3n) is 6.28. The number of urea groups is 1. The molecule has 6 heteroatoms. The Balaban J connectivity index is 1.57. The Morgan fingerprint density at radius 2 is 1.79 bits per heavy atom. The Hall–Kier alpha value is -3.80. The number of nitrogens with zero attached hydrogens (tertiary/aromatic N) is 2. The van der Waals surface area contributed by atoms with E-state index < -0.39 is 0 Å². The lowest BCUT2D eigenvalue weighted by molar-refractivity contribution is 0.102. The van der Waals surface area contributed by atoms with Crippen LogP contribution in [-0.2, 0) is 6.54 Å². The maximum atomic E-state index is 13.5. The second-order valence-corrected chi connectivity index (χ2v) is 8.83. The molecular formula is C28H31N3O3. The Morgan fingerprint density at radius 1 is 0.971 bits per heavy atom. The van der Waals surface area contributed by atoms with Crippen LogP contribution in [0, 0.1) is 20.8 Å². The van der Waals surface area contributed by atoms with Gasteiger partial charge in [0.05, 0.1) is 18.5 Å².